The Morgan fingerprint density at radius 1 is 0.710 bits per heavy atom. The van der Waals surface area contributed by atoms with Gasteiger partial charge in [-0.25, -0.2) is 9.97 Å². The lowest BCUT2D eigenvalue weighted by molar-refractivity contribution is -0.140. The minimum atomic E-state index is -0.735. The van der Waals surface area contributed by atoms with Crippen molar-refractivity contribution in [2.24, 2.45) is 27.9 Å². The van der Waals surface area contributed by atoms with Crippen LogP contribution in [0.2, 0.25) is 0 Å². The number of anilines is 2. The molecule has 0 saturated carbocycles. The van der Waals surface area contributed by atoms with Crippen molar-refractivity contribution in [1.82, 2.24) is 38.7 Å². The van der Waals surface area contributed by atoms with Crippen LogP contribution in [-0.4, -0.2) is 101 Å². The van der Waals surface area contributed by atoms with E-state index in [1.54, 1.807) is 68.8 Å². The van der Waals surface area contributed by atoms with Gasteiger partial charge in [-0.2, -0.15) is 10.2 Å². The van der Waals surface area contributed by atoms with Crippen molar-refractivity contribution in [3.63, 3.8) is 0 Å². The third-order valence-electron chi connectivity index (χ3n) is 10.4. The van der Waals surface area contributed by atoms with Crippen LogP contribution < -0.4 is 43.0 Å². The van der Waals surface area contributed by atoms with Crippen molar-refractivity contribution in [3.05, 3.63) is 107 Å². The first-order valence-electron chi connectivity index (χ1n) is 21.8. The van der Waals surface area contributed by atoms with Gasteiger partial charge in [0.15, 0.2) is 0 Å². The van der Waals surface area contributed by atoms with Crippen molar-refractivity contribution in [3.8, 4) is 11.5 Å². The summed E-state index contributed by atoms with van der Waals surface area (Å²) in [6.45, 7) is 8.72. The molecule has 0 atom stereocenters. The summed E-state index contributed by atoms with van der Waals surface area (Å²) in [6.07, 6.45) is 10.1. The molecule has 69 heavy (non-hydrogen) atoms. The Bertz CT molecular complexity index is 3020. The molecule has 0 saturated heterocycles. The summed E-state index contributed by atoms with van der Waals surface area (Å²) < 4.78 is 23.7. The molecule has 6 rings (SSSR count). The summed E-state index contributed by atoms with van der Waals surface area (Å²) in [4.78, 5) is 78.3. The third-order valence-corrected chi connectivity index (χ3v) is 10.4. The quantitative estimate of drug-likeness (QED) is 0.0232. The van der Waals surface area contributed by atoms with E-state index in [1.807, 2.05) is 13.8 Å². The third kappa shape index (κ3) is 12.0. The number of nitrogens with one attached hydrogen (secondary N) is 2. The van der Waals surface area contributed by atoms with Gasteiger partial charge >= 0.3 is 5.97 Å². The molecule has 6 aromatic rings. The topological polar surface area (TPSA) is 325 Å². The Balaban J connectivity index is 1.41. The van der Waals surface area contributed by atoms with Crippen molar-refractivity contribution >= 4 is 69.8 Å². The molecular formula is C46H55N15O8. The van der Waals surface area contributed by atoms with Crippen molar-refractivity contribution < 1.29 is 38.2 Å². The zero-order chi connectivity index (χ0) is 49.8. The number of aryl methyl sites for hydroxylation is 4. The van der Waals surface area contributed by atoms with E-state index in [1.165, 1.54) is 43.8 Å². The van der Waals surface area contributed by atoms with E-state index in [9.17, 15) is 24.0 Å². The number of nitrogens with zero attached hydrogens (tertiary/aromatic N) is 9. The smallest absolute Gasteiger partial charge is 0.305 e. The summed E-state index contributed by atoms with van der Waals surface area (Å²) in [6, 6.07) is 9.29. The van der Waals surface area contributed by atoms with Gasteiger partial charge in [-0.05, 0) is 76.6 Å². The summed E-state index contributed by atoms with van der Waals surface area (Å²) in [5, 5.41) is 14.6. The maximum atomic E-state index is 13.9. The molecule has 0 aliphatic carbocycles. The fraction of sp³-hybridized carbons (Fsp3) is 0.304. The number of aromatic nitrogens is 8. The lowest BCUT2D eigenvalue weighted by Crippen LogP contribution is -2.20. The Morgan fingerprint density at radius 3 is 1.68 bits per heavy atom. The monoisotopic (exact) mass is 945 g/mol. The van der Waals surface area contributed by atoms with Crippen LogP contribution in [0.5, 0.6) is 11.5 Å². The van der Waals surface area contributed by atoms with Gasteiger partial charge < -0.3 is 46.3 Å². The Labute approximate surface area is 395 Å². The number of allylic oxidation sites excluding steroid dienone is 3. The van der Waals surface area contributed by atoms with E-state index in [2.05, 4.69) is 25.8 Å². The van der Waals surface area contributed by atoms with Crippen molar-refractivity contribution in [2.45, 2.75) is 66.7 Å². The molecule has 362 valence electrons. The molecule has 0 bridgehead atoms. The SMILES string of the molecule is CCn1nc(C)cc1C(=O)Nc1nc2cc(C(N)=O)cc(OC/C=C/CN=C/C(N)=C\N)c2n1C/C=C/Cn1c(NC(=O)c2cc(C)nn2CC)nc2cc(C(N)=O)cc(OCCCC(=O)OC)c21. The van der Waals surface area contributed by atoms with E-state index in [0.717, 1.165) is 0 Å². The van der Waals surface area contributed by atoms with E-state index in [-0.39, 0.29) is 79.3 Å². The average Bonchev–Trinajstić information content (AvgIpc) is 4.10. The number of nitrogens with two attached hydrogens (primary N) is 4. The number of benzene rings is 2. The van der Waals surface area contributed by atoms with Crippen molar-refractivity contribution in [1.29, 1.82) is 0 Å². The minimum Gasteiger partial charge on any atom is -0.491 e. The number of methoxy groups -OCH3 is 1. The highest BCUT2D eigenvalue weighted by Gasteiger charge is 2.24. The second kappa shape index (κ2) is 22.6. The minimum absolute atomic E-state index is 0.0537. The van der Waals surface area contributed by atoms with Gasteiger partial charge in [-0.1, -0.05) is 18.2 Å². The lowest BCUT2D eigenvalue weighted by atomic mass is 10.1. The molecular weight excluding hydrogens is 891 g/mol. The molecule has 0 aliphatic rings. The van der Waals surface area contributed by atoms with Gasteiger partial charge in [-0.3, -0.25) is 49.0 Å². The maximum Gasteiger partial charge on any atom is 0.305 e. The van der Waals surface area contributed by atoms with Crippen molar-refractivity contribution in [2.75, 3.05) is 37.5 Å². The number of hydrogen-bond donors (Lipinski definition) is 6. The van der Waals surface area contributed by atoms with Gasteiger partial charge in [0, 0.05) is 56.1 Å². The maximum absolute atomic E-state index is 13.9. The average molecular weight is 946 g/mol. The van der Waals surface area contributed by atoms with E-state index in [0.29, 0.717) is 64.5 Å². The van der Waals surface area contributed by atoms with Crippen LogP contribution in [0.1, 0.15) is 79.8 Å². The highest BCUT2D eigenvalue weighted by molar-refractivity contribution is 6.05. The zero-order valence-electron chi connectivity index (χ0n) is 38.9. The Hall–Kier alpha value is -8.76. The number of fused-ring (bicyclic) bond motifs is 2. The fourth-order valence-corrected chi connectivity index (χ4v) is 7.18. The standard InChI is InChI=1S/C46H55N15O8/c1-6-60-34(19-27(3)56-60)43(65)54-45-52-32-21-29(41(49)63)23-36(68-17-11-8-14-51-26-31(48)25-47)39(32)58(45)15-9-10-16-59-40-33(53-46(59)55-44(66)35-20-28(4)57-61(35)7-2)22-30(42(50)64)24-37(40)69-18-12-13-38(62)67-5/h8-11,19-26H,6-7,12-18,47-48H2,1-5H3,(H2,49,63)(H2,50,64)(H,52,54,65)(H,53,55,66)/b10-9+,11-8+,31-25+,51-26?. The highest BCUT2D eigenvalue weighted by Crippen LogP contribution is 2.33. The van der Waals surface area contributed by atoms with Crippen LogP contribution in [0, 0.1) is 13.8 Å². The van der Waals surface area contributed by atoms with Gasteiger partial charge in [0.1, 0.15) is 40.5 Å². The molecule has 23 heteroatoms. The number of imidazole rings is 2. The summed E-state index contributed by atoms with van der Waals surface area (Å²) >= 11 is 0. The first-order chi connectivity index (χ1) is 33.1. The first kappa shape index (κ1) is 49.7. The molecule has 0 fully saturated rings. The number of rotatable bonds is 23. The van der Waals surface area contributed by atoms with Gasteiger partial charge in [0.05, 0.1) is 48.4 Å². The second-order valence-electron chi connectivity index (χ2n) is 15.3. The lowest BCUT2D eigenvalue weighted by Gasteiger charge is -2.13. The molecule has 2 aromatic carbocycles. The summed E-state index contributed by atoms with van der Waals surface area (Å²) in [5.41, 5.74) is 26.4. The Morgan fingerprint density at radius 2 is 1.22 bits per heavy atom. The number of esters is 1. The first-order valence-corrected chi connectivity index (χ1v) is 21.8. The van der Waals surface area contributed by atoms with Crippen LogP contribution in [0.4, 0.5) is 11.9 Å². The number of carbonyl (C=O) groups excluding carboxylic acids is 5. The summed E-state index contributed by atoms with van der Waals surface area (Å²) in [7, 11) is 1.29. The Kier molecular flexibility index (Phi) is 16.3. The summed E-state index contributed by atoms with van der Waals surface area (Å²) in [5.74, 6) is -2.15. The zero-order valence-corrected chi connectivity index (χ0v) is 38.9. The number of amides is 4. The van der Waals surface area contributed by atoms with E-state index >= 15 is 0 Å². The normalized spacial score (nSPS) is 11.9. The number of primary amides is 2. The largest absolute Gasteiger partial charge is 0.491 e. The van der Waals surface area contributed by atoms with Gasteiger partial charge in [0.25, 0.3) is 11.8 Å². The number of carbonyl (C=O) groups is 5. The second-order valence-corrected chi connectivity index (χ2v) is 15.3. The van der Waals surface area contributed by atoms with E-state index < -0.39 is 29.6 Å². The molecule has 23 nitrogen and oxygen atoms in total. The molecule has 10 N–H and O–H groups in total. The number of ether oxygens (including phenoxy) is 3. The molecule has 0 radical (unpaired) electrons. The van der Waals surface area contributed by atoms with Gasteiger partial charge in [-0.15, -0.1) is 0 Å². The van der Waals surface area contributed by atoms with Crippen LogP contribution in [0.25, 0.3) is 22.1 Å². The van der Waals surface area contributed by atoms with Crippen LogP contribution in [0.15, 0.2) is 77.6 Å². The van der Waals surface area contributed by atoms with Crippen LogP contribution in [0.3, 0.4) is 0 Å². The highest BCUT2D eigenvalue weighted by atomic mass is 16.5. The molecule has 0 spiro atoms. The molecule has 0 unspecified atom stereocenters. The molecule has 4 heterocycles. The fourth-order valence-electron chi connectivity index (χ4n) is 7.18. The van der Waals surface area contributed by atoms with Crippen LogP contribution >= 0.6 is 0 Å². The van der Waals surface area contributed by atoms with E-state index in [4.69, 9.17) is 47.1 Å². The number of aliphatic imine (C=N–C) groups is 1. The van der Waals surface area contributed by atoms with Crippen LogP contribution in [-0.2, 0) is 35.7 Å². The molecule has 0 aliphatic heterocycles. The predicted octanol–water partition coefficient (Wildman–Crippen LogP) is 3.49. The molecule has 4 amide bonds. The molecule has 4 aromatic heterocycles. The van der Waals surface area contributed by atoms with Gasteiger partial charge in [0.2, 0.25) is 23.7 Å². The predicted molar refractivity (Wildman–Crippen MR) is 258 cm³/mol. The number of hydrogen-bond acceptors (Lipinski definition) is 15.